The topological polar surface area (TPSA) is 56.1 Å². The molecular weight excluding hydrogens is 302 g/mol. The molecule has 5 nitrogen and oxygen atoms in total. The van der Waals surface area contributed by atoms with Gasteiger partial charge in [-0.25, -0.2) is 4.68 Å². The van der Waals surface area contributed by atoms with Gasteiger partial charge in [-0.3, -0.25) is 4.79 Å². The highest BCUT2D eigenvalue weighted by molar-refractivity contribution is 5.97. The van der Waals surface area contributed by atoms with Crippen molar-refractivity contribution in [1.82, 2.24) is 9.78 Å². The van der Waals surface area contributed by atoms with E-state index in [1.165, 1.54) is 7.11 Å². The number of para-hydroxylation sites is 1. The number of carbonyl (C=O) groups excluding carboxylic acids is 1. The van der Waals surface area contributed by atoms with E-state index >= 15 is 0 Å². The Balaban J connectivity index is 1.81. The Morgan fingerprint density at radius 3 is 2.29 bits per heavy atom. The minimum Gasteiger partial charge on any atom is -0.364 e. The Bertz CT molecular complexity index is 815. The van der Waals surface area contributed by atoms with Crippen molar-refractivity contribution in [2.24, 2.45) is 0 Å². The lowest BCUT2D eigenvalue weighted by Crippen LogP contribution is -2.39. The molecule has 1 N–H and O–H groups in total. The smallest absolute Gasteiger partial charge is 0.262 e. The predicted octanol–water partition coefficient (Wildman–Crippen LogP) is 3.37. The molecule has 0 radical (unpaired) electrons. The second-order valence-corrected chi connectivity index (χ2v) is 5.54. The van der Waals surface area contributed by atoms with Gasteiger partial charge in [0.25, 0.3) is 5.91 Å². The fourth-order valence-electron chi connectivity index (χ4n) is 2.45. The first-order valence-corrected chi connectivity index (χ1v) is 7.67. The van der Waals surface area contributed by atoms with Gasteiger partial charge in [0.2, 0.25) is 0 Å². The molecular formula is C19H19N3O2. The van der Waals surface area contributed by atoms with Crippen molar-refractivity contribution in [2.75, 3.05) is 12.4 Å². The van der Waals surface area contributed by atoms with Crippen molar-refractivity contribution in [3.05, 3.63) is 78.5 Å². The normalized spacial score (nSPS) is 13.2. The van der Waals surface area contributed by atoms with E-state index in [2.05, 4.69) is 10.4 Å². The first-order chi connectivity index (χ1) is 11.6. The number of anilines is 1. The summed E-state index contributed by atoms with van der Waals surface area (Å²) in [7, 11) is 1.52. The number of nitrogens with zero attached hydrogens (tertiary/aromatic N) is 2. The van der Waals surface area contributed by atoms with Crippen LogP contribution in [0.1, 0.15) is 12.5 Å². The molecule has 24 heavy (non-hydrogen) atoms. The third-order valence-corrected chi connectivity index (χ3v) is 4.02. The van der Waals surface area contributed by atoms with Crippen LogP contribution in [-0.4, -0.2) is 22.8 Å². The van der Waals surface area contributed by atoms with E-state index in [4.69, 9.17) is 4.74 Å². The molecule has 0 fully saturated rings. The number of nitrogens with one attached hydrogen (secondary N) is 1. The lowest BCUT2D eigenvalue weighted by Gasteiger charge is -2.26. The van der Waals surface area contributed by atoms with Crippen molar-refractivity contribution >= 4 is 11.7 Å². The average molecular weight is 321 g/mol. The van der Waals surface area contributed by atoms with E-state index in [1.807, 2.05) is 60.7 Å². The number of hydrogen-bond acceptors (Lipinski definition) is 3. The van der Waals surface area contributed by atoms with Crippen LogP contribution in [0.25, 0.3) is 5.69 Å². The van der Waals surface area contributed by atoms with Crippen LogP contribution in [0.15, 0.2) is 72.9 Å². The zero-order chi connectivity index (χ0) is 17.0. The van der Waals surface area contributed by atoms with Crippen LogP contribution in [0.2, 0.25) is 0 Å². The summed E-state index contributed by atoms with van der Waals surface area (Å²) in [5.41, 5.74) is 0.626. The highest BCUT2D eigenvalue weighted by Gasteiger charge is 2.35. The molecule has 0 spiro atoms. The van der Waals surface area contributed by atoms with E-state index in [0.29, 0.717) is 5.82 Å². The molecule has 0 aliphatic carbocycles. The van der Waals surface area contributed by atoms with E-state index < -0.39 is 5.60 Å². The van der Waals surface area contributed by atoms with Gasteiger partial charge < -0.3 is 10.1 Å². The Morgan fingerprint density at radius 1 is 1.04 bits per heavy atom. The molecule has 1 aromatic heterocycles. The maximum absolute atomic E-state index is 12.7. The zero-order valence-electron chi connectivity index (χ0n) is 13.6. The second-order valence-electron chi connectivity index (χ2n) is 5.54. The van der Waals surface area contributed by atoms with Gasteiger partial charge in [0.05, 0.1) is 5.69 Å². The molecule has 1 atom stereocenters. The average Bonchev–Trinajstić information content (AvgIpc) is 3.11. The van der Waals surface area contributed by atoms with E-state index in [9.17, 15) is 4.79 Å². The van der Waals surface area contributed by atoms with Crippen LogP contribution < -0.4 is 5.32 Å². The summed E-state index contributed by atoms with van der Waals surface area (Å²) in [5.74, 6) is 0.206. The maximum Gasteiger partial charge on any atom is 0.262 e. The number of aromatic nitrogens is 2. The molecule has 5 heteroatoms. The largest absolute Gasteiger partial charge is 0.364 e. The standard InChI is InChI=1S/C19H19N3O2/c1-19(24-2,15-9-5-3-6-10-15)18(23)20-17-13-14-22(21-17)16-11-7-4-8-12-16/h3-14H,1-2H3,(H,20,21,23). The predicted molar refractivity (Wildman–Crippen MR) is 93.0 cm³/mol. The summed E-state index contributed by atoms with van der Waals surface area (Å²) in [6, 6.07) is 20.9. The van der Waals surface area contributed by atoms with Crippen LogP contribution in [0.3, 0.4) is 0 Å². The molecule has 0 aliphatic rings. The lowest BCUT2D eigenvalue weighted by molar-refractivity contribution is -0.136. The monoisotopic (exact) mass is 321 g/mol. The molecule has 0 saturated heterocycles. The van der Waals surface area contributed by atoms with E-state index in [-0.39, 0.29) is 5.91 Å². The molecule has 1 heterocycles. The number of benzene rings is 2. The number of ether oxygens (including phenoxy) is 1. The Labute approximate surface area is 140 Å². The van der Waals surface area contributed by atoms with Gasteiger partial charge in [-0.15, -0.1) is 0 Å². The molecule has 0 aliphatic heterocycles. The van der Waals surface area contributed by atoms with Crippen LogP contribution in [-0.2, 0) is 15.1 Å². The summed E-state index contributed by atoms with van der Waals surface area (Å²) < 4.78 is 7.21. The summed E-state index contributed by atoms with van der Waals surface area (Å²) in [4.78, 5) is 12.7. The van der Waals surface area contributed by atoms with Gasteiger partial charge in [0.15, 0.2) is 11.4 Å². The number of amides is 1. The minimum absolute atomic E-state index is 0.269. The highest BCUT2D eigenvalue weighted by Crippen LogP contribution is 2.26. The van der Waals surface area contributed by atoms with Gasteiger partial charge >= 0.3 is 0 Å². The quantitative estimate of drug-likeness (QED) is 0.784. The van der Waals surface area contributed by atoms with Gasteiger partial charge in [-0.2, -0.15) is 5.10 Å². The molecule has 0 bridgehead atoms. The van der Waals surface area contributed by atoms with Gasteiger partial charge in [0.1, 0.15) is 0 Å². The number of hydrogen-bond donors (Lipinski definition) is 1. The first kappa shape index (κ1) is 16.0. The summed E-state index contributed by atoms with van der Waals surface area (Å²) in [5, 5.41) is 7.22. The maximum atomic E-state index is 12.7. The van der Waals surface area contributed by atoms with Gasteiger partial charge in [-0.05, 0) is 24.6 Å². The summed E-state index contributed by atoms with van der Waals surface area (Å²) in [6.07, 6.45) is 1.80. The van der Waals surface area contributed by atoms with E-state index in [0.717, 1.165) is 11.3 Å². The molecule has 122 valence electrons. The number of carbonyl (C=O) groups is 1. The molecule has 2 aromatic carbocycles. The zero-order valence-corrected chi connectivity index (χ0v) is 13.6. The number of rotatable bonds is 5. The van der Waals surface area contributed by atoms with Crippen LogP contribution >= 0.6 is 0 Å². The Kier molecular flexibility index (Phi) is 4.44. The molecule has 3 rings (SSSR count). The molecule has 3 aromatic rings. The van der Waals surface area contributed by atoms with Gasteiger partial charge in [-0.1, -0.05) is 48.5 Å². The fourth-order valence-corrected chi connectivity index (χ4v) is 2.45. The Hall–Kier alpha value is -2.92. The van der Waals surface area contributed by atoms with Crippen molar-refractivity contribution in [1.29, 1.82) is 0 Å². The third-order valence-electron chi connectivity index (χ3n) is 4.02. The van der Waals surface area contributed by atoms with Crippen molar-refractivity contribution in [3.8, 4) is 5.69 Å². The van der Waals surface area contributed by atoms with Crippen molar-refractivity contribution in [2.45, 2.75) is 12.5 Å². The van der Waals surface area contributed by atoms with Gasteiger partial charge in [0, 0.05) is 19.4 Å². The minimum atomic E-state index is -1.09. The van der Waals surface area contributed by atoms with Crippen LogP contribution in [0.5, 0.6) is 0 Å². The van der Waals surface area contributed by atoms with Crippen molar-refractivity contribution < 1.29 is 9.53 Å². The molecule has 1 amide bonds. The van der Waals surface area contributed by atoms with E-state index in [1.54, 1.807) is 23.9 Å². The second kappa shape index (κ2) is 6.68. The SMILES string of the molecule is COC(C)(C(=O)Nc1ccn(-c2ccccc2)n1)c1ccccc1. The first-order valence-electron chi connectivity index (χ1n) is 7.67. The highest BCUT2D eigenvalue weighted by atomic mass is 16.5. The van der Waals surface area contributed by atoms with Crippen LogP contribution in [0, 0.1) is 0 Å². The third kappa shape index (κ3) is 3.07. The fraction of sp³-hybridized carbons (Fsp3) is 0.158. The summed E-state index contributed by atoms with van der Waals surface area (Å²) >= 11 is 0. The lowest BCUT2D eigenvalue weighted by atomic mass is 9.95. The van der Waals surface area contributed by atoms with Crippen molar-refractivity contribution in [3.63, 3.8) is 0 Å². The molecule has 0 saturated carbocycles. The Morgan fingerprint density at radius 2 is 1.67 bits per heavy atom. The summed E-state index contributed by atoms with van der Waals surface area (Å²) in [6.45, 7) is 1.74. The number of methoxy groups -OCH3 is 1. The van der Waals surface area contributed by atoms with Crippen LogP contribution in [0.4, 0.5) is 5.82 Å². The molecule has 1 unspecified atom stereocenters.